The van der Waals surface area contributed by atoms with Gasteiger partial charge in [-0.25, -0.2) is 9.18 Å². The van der Waals surface area contributed by atoms with Crippen molar-refractivity contribution in [2.24, 2.45) is 0 Å². The standard InChI is InChI=1S/C21H20FN5O2S/c1-2-12-23-20(29)24-18(28)14-30-21-26-25-19(16-8-10-17(22)11-9-16)27(21)13-15-6-4-3-5-7-15/h2-11H,1,12-14H2,(H2,23,24,28,29). The normalized spacial score (nSPS) is 10.4. The van der Waals surface area contributed by atoms with Crippen molar-refractivity contribution in [3.8, 4) is 11.4 Å². The second-order valence-electron chi connectivity index (χ2n) is 6.22. The highest BCUT2D eigenvalue weighted by Gasteiger charge is 2.17. The first-order chi connectivity index (χ1) is 14.6. The van der Waals surface area contributed by atoms with Crippen LogP contribution in [-0.4, -0.2) is 39.0 Å². The van der Waals surface area contributed by atoms with Gasteiger partial charge in [-0.1, -0.05) is 48.2 Å². The first-order valence-electron chi connectivity index (χ1n) is 9.11. The highest BCUT2D eigenvalue weighted by Crippen LogP contribution is 2.25. The molecule has 2 aromatic carbocycles. The molecule has 0 aliphatic heterocycles. The van der Waals surface area contributed by atoms with Crippen LogP contribution in [0.1, 0.15) is 5.56 Å². The van der Waals surface area contributed by atoms with Crippen LogP contribution in [0.15, 0.2) is 72.4 Å². The fourth-order valence-corrected chi connectivity index (χ4v) is 3.36. The van der Waals surface area contributed by atoms with Crippen molar-refractivity contribution in [3.63, 3.8) is 0 Å². The molecule has 154 valence electrons. The van der Waals surface area contributed by atoms with E-state index in [1.165, 1.54) is 18.2 Å². The minimum Gasteiger partial charge on any atom is -0.334 e. The molecule has 0 aliphatic rings. The van der Waals surface area contributed by atoms with Gasteiger partial charge in [0.2, 0.25) is 5.91 Å². The summed E-state index contributed by atoms with van der Waals surface area (Å²) in [6.07, 6.45) is 1.52. The maximum Gasteiger partial charge on any atom is 0.321 e. The largest absolute Gasteiger partial charge is 0.334 e. The van der Waals surface area contributed by atoms with Gasteiger partial charge in [-0.3, -0.25) is 14.7 Å². The van der Waals surface area contributed by atoms with E-state index in [0.29, 0.717) is 23.1 Å². The number of amides is 3. The van der Waals surface area contributed by atoms with E-state index in [-0.39, 0.29) is 18.1 Å². The van der Waals surface area contributed by atoms with Gasteiger partial charge in [0.15, 0.2) is 11.0 Å². The molecule has 0 radical (unpaired) electrons. The predicted molar refractivity (Wildman–Crippen MR) is 113 cm³/mol. The van der Waals surface area contributed by atoms with Gasteiger partial charge in [-0.2, -0.15) is 0 Å². The molecule has 0 unspecified atom stereocenters. The van der Waals surface area contributed by atoms with Crippen LogP contribution in [0, 0.1) is 5.82 Å². The molecule has 3 amide bonds. The number of imide groups is 1. The second kappa shape index (κ2) is 10.4. The molecule has 0 saturated heterocycles. The molecule has 3 rings (SSSR count). The summed E-state index contributed by atoms with van der Waals surface area (Å²) in [4.78, 5) is 23.6. The molecule has 0 bridgehead atoms. The minimum absolute atomic E-state index is 0.0160. The summed E-state index contributed by atoms with van der Waals surface area (Å²) in [5, 5.41) is 13.7. The quantitative estimate of drug-likeness (QED) is 0.427. The number of nitrogens with zero attached hydrogens (tertiary/aromatic N) is 3. The molecule has 1 heterocycles. The first-order valence-corrected chi connectivity index (χ1v) is 10.1. The molecular weight excluding hydrogens is 405 g/mol. The summed E-state index contributed by atoms with van der Waals surface area (Å²) in [7, 11) is 0. The highest BCUT2D eigenvalue weighted by molar-refractivity contribution is 7.99. The van der Waals surface area contributed by atoms with Crippen molar-refractivity contribution in [1.29, 1.82) is 0 Å². The third-order valence-corrected chi connectivity index (χ3v) is 4.96. The summed E-state index contributed by atoms with van der Waals surface area (Å²) in [5.74, 6) is -0.254. The van der Waals surface area contributed by atoms with E-state index in [0.717, 1.165) is 17.3 Å². The van der Waals surface area contributed by atoms with Crippen LogP contribution in [-0.2, 0) is 11.3 Å². The van der Waals surface area contributed by atoms with Crippen LogP contribution in [0.4, 0.5) is 9.18 Å². The maximum atomic E-state index is 13.3. The van der Waals surface area contributed by atoms with Gasteiger partial charge >= 0.3 is 6.03 Å². The van der Waals surface area contributed by atoms with Crippen molar-refractivity contribution in [2.75, 3.05) is 12.3 Å². The molecule has 9 heteroatoms. The Morgan fingerprint density at radius 2 is 1.83 bits per heavy atom. The summed E-state index contributed by atoms with van der Waals surface area (Å²) in [6, 6.07) is 15.1. The fraction of sp³-hybridized carbons (Fsp3) is 0.143. The first kappa shape index (κ1) is 21.3. The van der Waals surface area contributed by atoms with E-state index in [1.54, 1.807) is 12.1 Å². The van der Waals surface area contributed by atoms with E-state index in [2.05, 4.69) is 27.4 Å². The predicted octanol–water partition coefficient (Wildman–Crippen LogP) is 3.24. The topological polar surface area (TPSA) is 88.9 Å². The van der Waals surface area contributed by atoms with E-state index in [4.69, 9.17) is 0 Å². The Hall–Kier alpha value is -3.46. The number of nitrogens with one attached hydrogen (secondary N) is 2. The molecule has 7 nitrogen and oxygen atoms in total. The van der Waals surface area contributed by atoms with Gasteiger partial charge in [0.25, 0.3) is 0 Å². The van der Waals surface area contributed by atoms with Crippen molar-refractivity contribution in [3.05, 3.63) is 78.6 Å². The van der Waals surface area contributed by atoms with E-state index in [1.807, 2.05) is 34.9 Å². The Morgan fingerprint density at radius 3 is 2.53 bits per heavy atom. The van der Waals surface area contributed by atoms with E-state index >= 15 is 0 Å². The molecule has 0 spiro atoms. The van der Waals surface area contributed by atoms with Crippen LogP contribution in [0.5, 0.6) is 0 Å². The van der Waals surface area contributed by atoms with Gasteiger partial charge in [0, 0.05) is 12.1 Å². The molecule has 2 N–H and O–H groups in total. The lowest BCUT2D eigenvalue weighted by Gasteiger charge is -2.11. The van der Waals surface area contributed by atoms with Crippen molar-refractivity contribution < 1.29 is 14.0 Å². The number of thioether (sulfide) groups is 1. The Labute approximate surface area is 177 Å². The third kappa shape index (κ3) is 5.77. The Kier molecular flexibility index (Phi) is 7.34. The summed E-state index contributed by atoms with van der Waals surface area (Å²) >= 11 is 1.16. The van der Waals surface area contributed by atoms with Gasteiger partial charge < -0.3 is 5.32 Å². The number of carbonyl (C=O) groups is 2. The Bertz CT molecular complexity index is 1020. The molecule has 0 saturated carbocycles. The zero-order chi connectivity index (χ0) is 21.3. The lowest BCUT2D eigenvalue weighted by atomic mass is 10.2. The molecule has 0 atom stereocenters. The number of aromatic nitrogens is 3. The molecule has 0 fully saturated rings. The second-order valence-corrected chi connectivity index (χ2v) is 7.16. The minimum atomic E-state index is -0.585. The summed E-state index contributed by atoms with van der Waals surface area (Å²) in [6.45, 7) is 4.23. The molecule has 30 heavy (non-hydrogen) atoms. The Morgan fingerprint density at radius 1 is 1.10 bits per heavy atom. The number of hydrogen-bond acceptors (Lipinski definition) is 5. The van der Waals surface area contributed by atoms with Crippen LogP contribution in [0.2, 0.25) is 0 Å². The average molecular weight is 425 g/mol. The number of rotatable bonds is 8. The monoisotopic (exact) mass is 425 g/mol. The number of benzene rings is 2. The van der Waals surface area contributed by atoms with Crippen LogP contribution < -0.4 is 10.6 Å². The SMILES string of the molecule is C=CCNC(=O)NC(=O)CSc1nnc(-c2ccc(F)cc2)n1Cc1ccccc1. The van der Waals surface area contributed by atoms with E-state index in [9.17, 15) is 14.0 Å². The molecular formula is C21H20FN5O2S. The van der Waals surface area contributed by atoms with Gasteiger partial charge in [-0.05, 0) is 29.8 Å². The number of hydrogen-bond donors (Lipinski definition) is 2. The fourth-order valence-electron chi connectivity index (χ4n) is 2.62. The van der Waals surface area contributed by atoms with Gasteiger partial charge in [0.1, 0.15) is 5.82 Å². The van der Waals surface area contributed by atoms with Crippen molar-refractivity contribution in [1.82, 2.24) is 25.4 Å². The maximum absolute atomic E-state index is 13.3. The molecule has 3 aromatic rings. The third-order valence-electron chi connectivity index (χ3n) is 4.00. The van der Waals surface area contributed by atoms with Crippen molar-refractivity contribution in [2.45, 2.75) is 11.7 Å². The Balaban J connectivity index is 1.78. The summed E-state index contributed by atoms with van der Waals surface area (Å²) in [5.41, 5.74) is 1.73. The van der Waals surface area contributed by atoms with Gasteiger partial charge in [-0.15, -0.1) is 16.8 Å². The highest BCUT2D eigenvalue weighted by atomic mass is 32.2. The smallest absolute Gasteiger partial charge is 0.321 e. The van der Waals surface area contributed by atoms with E-state index < -0.39 is 11.9 Å². The molecule has 0 aliphatic carbocycles. The zero-order valence-corrected chi connectivity index (χ0v) is 16.9. The lowest BCUT2D eigenvalue weighted by molar-refractivity contribution is -0.117. The lowest BCUT2D eigenvalue weighted by Crippen LogP contribution is -2.40. The van der Waals surface area contributed by atoms with Crippen LogP contribution >= 0.6 is 11.8 Å². The van der Waals surface area contributed by atoms with Gasteiger partial charge in [0.05, 0.1) is 12.3 Å². The number of halogens is 1. The van der Waals surface area contributed by atoms with Crippen LogP contribution in [0.25, 0.3) is 11.4 Å². The zero-order valence-electron chi connectivity index (χ0n) is 16.0. The van der Waals surface area contributed by atoms with Crippen molar-refractivity contribution >= 4 is 23.7 Å². The van der Waals surface area contributed by atoms with Crippen LogP contribution in [0.3, 0.4) is 0 Å². The number of urea groups is 1. The average Bonchev–Trinajstić information content (AvgIpc) is 3.14. The summed E-state index contributed by atoms with van der Waals surface area (Å²) < 4.78 is 15.2. The molecule has 1 aromatic heterocycles. The number of carbonyl (C=O) groups excluding carboxylic acids is 2.